The molecule has 0 radical (unpaired) electrons. The van der Waals surface area contributed by atoms with Gasteiger partial charge in [0.05, 0.1) is 5.92 Å². The molecule has 1 N–H and O–H groups in total. The molecule has 2 aromatic rings. The zero-order valence-corrected chi connectivity index (χ0v) is 12.9. The van der Waals surface area contributed by atoms with E-state index >= 15 is 0 Å². The van der Waals surface area contributed by atoms with Crippen molar-refractivity contribution in [3.63, 3.8) is 0 Å². The van der Waals surface area contributed by atoms with Crippen LogP contribution in [-0.4, -0.2) is 11.1 Å². The highest BCUT2D eigenvalue weighted by Gasteiger charge is 2.20. The van der Waals surface area contributed by atoms with Gasteiger partial charge in [-0.15, -0.1) is 0 Å². The number of carboxylic acids is 1. The number of benzene rings is 2. The summed E-state index contributed by atoms with van der Waals surface area (Å²) in [6.45, 7) is 6.21. The predicted molar refractivity (Wildman–Crippen MR) is 85.8 cm³/mol. The van der Waals surface area contributed by atoms with Crippen molar-refractivity contribution in [1.29, 1.82) is 0 Å². The highest BCUT2D eigenvalue weighted by molar-refractivity contribution is 5.76. The highest BCUT2D eigenvalue weighted by Crippen LogP contribution is 2.23. The molecule has 110 valence electrons. The lowest BCUT2D eigenvalue weighted by atomic mass is 9.90. The predicted octanol–water partition coefficient (Wildman–Crippen LogP) is 4.28. The van der Waals surface area contributed by atoms with E-state index < -0.39 is 11.9 Å². The van der Waals surface area contributed by atoms with E-state index in [1.54, 1.807) is 0 Å². The van der Waals surface area contributed by atoms with E-state index in [-0.39, 0.29) is 0 Å². The molecule has 0 aliphatic rings. The molecule has 0 aliphatic carbocycles. The molecule has 0 spiro atoms. The van der Waals surface area contributed by atoms with Crippen molar-refractivity contribution in [2.75, 3.05) is 0 Å². The van der Waals surface area contributed by atoms with E-state index in [0.717, 1.165) is 17.5 Å². The summed E-state index contributed by atoms with van der Waals surface area (Å²) in [5, 5.41) is 9.58. The Hall–Kier alpha value is -2.09. The van der Waals surface area contributed by atoms with Crippen molar-refractivity contribution in [2.45, 2.75) is 39.5 Å². The van der Waals surface area contributed by atoms with Gasteiger partial charge in [0, 0.05) is 0 Å². The summed E-state index contributed by atoms with van der Waals surface area (Å²) in [5.74, 6) is -1.25. The lowest BCUT2D eigenvalue weighted by molar-refractivity contribution is -0.138. The first-order valence-corrected chi connectivity index (χ1v) is 7.39. The van der Waals surface area contributed by atoms with Gasteiger partial charge in [0.15, 0.2) is 0 Å². The molecular formula is C19H22O2. The normalized spacial score (nSPS) is 12.1. The van der Waals surface area contributed by atoms with E-state index in [1.807, 2.05) is 30.3 Å². The number of hydrogen-bond acceptors (Lipinski definition) is 1. The van der Waals surface area contributed by atoms with Crippen molar-refractivity contribution in [3.8, 4) is 0 Å². The third kappa shape index (κ3) is 3.72. The third-order valence-electron chi connectivity index (χ3n) is 4.07. The average Bonchev–Trinajstić information content (AvgIpc) is 2.48. The zero-order valence-electron chi connectivity index (χ0n) is 12.9. The molecule has 2 nitrogen and oxygen atoms in total. The van der Waals surface area contributed by atoms with Crippen LogP contribution in [0.3, 0.4) is 0 Å². The Balaban J connectivity index is 2.30. The Morgan fingerprint density at radius 2 is 1.81 bits per heavy atom. The number of rotatable bonds is 5. The fourth-order valence-electron chi connectivity index (χ4n) is 2.54. The second kappa shape index (κ2) is 6.57. The molecular weight excluding hydrogens is 260 g/mol. The first kappa shape index (κ1) is 15.3. The maximum Gasteiger partial charge on any atom is 0.311 e. The van der Waals surface area contributed by atoms with Gasteiger partial charge in [0.25, 0.3) is 0 Å². The standard InChI is InChI=1S/C19H22O2/c1-4-15-6-5-7-17(11-15)18(19(20)21)12-16-9-8-13(2)14(3)10-16/h5-11,18H,4,12H2,1-3H3,(H,20,21). The lowest BCUT2D eigenvalue weighted by Gasteiger charge is -2.15. The molecule has 1 unspecified atom stereocenters. The van der Waals surface area contributed by atoms with Crippen LogP contribution in [0.2, 0.25) is 0 Å². The Kier molecular flexibility index (Phi) is 4.79. The second-order valence-corrected chi connectivity index (χ2v) is 5.61. The van der Waals surface area contributed by atoms with Gasteiger partial charge in [-0.2, -0.15) is 0 Å². The van der Waals surface area contributed by atoms with E-state index in [4.69, 9.17) is 0 Å². The third-order valence-corrected chi connectivity index (χ3v) is 4.07. The monoisotopic (exact) mass is 282 g/mol. The molecule has 2 rings (SSSR count). The van der Waals surface area contributed by atoms with Gasteiger partial charge >= 0.3 is 5.97 Å². The van der Waals surface area contributed by atoms with Gasteiger partial charge in [0.1, 0.15) is 0 Å². The van der Waals surface area contributed by atoms with Crippen molar-refractivity contribution in [1.82, 2.24) is 0 Å². The van der Waals surface area contributed by atoms with Gasteiger partial charge < -0.3 is 5.11 Å². The smallest absolute Gasteiger partial charge is 0.311 e. The second-order valence-electron chi connectivity index (χ2n) is 5.61. The summed E-state index contributed by atoms with van der Waals surface area (Å²) in [6.07, 6.45) is 1.45. The molecule has 0 aromatic heterocycles. The number of hydrogen-bond donors (Lipinski definition) is 1. The van der Waals surface area contributed by atoms with Gasteiger partial charge in [-0.05, 0) is 54.5 Å². The van der Waals surface area contributed by atoms with Crippen molar-refractivity contribution >= 4 is 5.97 Å². The van der Waals surface area contributed by atoms with Crippen LogP contribution in [0.25, 0.3) is 0 Å². The topological polar surface area (TPSA) is 37.3 Å². The van der Waals surface area contributed by atoms with Gasteiger partial charge in [-0.3, -0.25) is 4.79 Å². The van der Waals surface area contributed by atoms with Crippen LogP contribution in [0, 0.1) is 13.8 Å². The molecule has 0 saturated carbocycles. The van der Waals surface area contributed by atoms with E-state index in [9.17, 15) is 9.90 Å². The van der Waals surface area contributed by atoms with Crippen LogP contribution in [-0.2, 0) is 17.6 Å². The molecule has 1 atom stereocenters. The largest absolute Gasteiger partial charge is 0.481 e. The first-order valence-electron chi connectivity index (χ1n) is 7.39. The summed E-state index contributed by atoms with van der Waals surface area (Å²) in [4.78, 5) is 11.7. The quantitative estimate of drug-likeness (QED) is 0.889. The van der Waals surface area contributed by atoms with Crippen LogP contribution in [0.4, 0.5) is 0 Å². The summed E-state index contributed by atoms with van der Waals surface area (Å²) < 4.78 is 0. The lowest BCUT2D eigenvalue weighted by Crippen LogP contribution is -2.15. The van der Waals surface area contributed by atoms with E-state index in [0.29, 0.717) is 6.42 Å². The fourth-order valence-corrected chi connectivity index (χ4v) is 2.54. The van der Waals surface area contributed by atoms with Crippen LogP contribution < -0.4 is 0 Å². The minimum Gasteiger partial charge on any atom is -0.481 e. The number of carboxylic acid groups (broad SMARTS) is 1. The maximum atomic E-state index is 11.7. The van der Waals surface area contributed by atoms with Crippen LogP contribution in [0.15, 0.2) is 42.5 Å². The number of aliphatic carboxylic acids is 1. The van der Waals surface area contributed by atoms with E-state index in [1.165, 1.54) is 16.7 Å². The number of aryl methyl sites for hydroxylation is 3. The highest BCUT2D eigenvalue weighted by atomic mass is 16.4. The molecule has 0 bridgehead atoms. The summed E-state index contributed by atoms with van der Waals surface area (Å²) in [6, 6.07) is 14.1. The average molecular weight is 282 g/mol. The van der Waals surface area contributed by atoms with E-state index in [2.05, 4.69) is 32.9 Å². The Morgan fingerprint density at radius 1 is 1.05 bits per heavy atom. The molecule has 2 heteroatoms. The molecule has 0 fully saturated rings. The molecule has 21 heavy (non-hydrogen) atoms. The Labute approximate surface area is 126 Å². The summed E-state index contributed by atoms with van der Waals surface area (Å²) in [7, 11) is 0. The van der Waals surface area contributed by atoms with Crippen molar-refractivity contribution in [2.24, 2.45) is 0 Å². The minimum absolute atomic E-state index is 0.487. The van der Waals surface area contributed by atoms with Crippen LogP contribution >= 0.6 is 0 Å². The van der Waals surface area contributed by atoms with Crippen molar-refractivity contribution < 1.29 is 9.90 Å². The van der Waals surface area contributed by atoms with Crippen LogP contribution in [0.5, 0.6) is 0 Å². The van der Waals surface area contributed by atoms with Crippen molar-refractivity contribution in [3.05, 3.63) is 70.3 Å². The fraction of sp³-hybridized carbons (Fsp3) is 0.316. The van der Waals surface area contributed by atoms with Gasteiger partial charge in [0.2, 0.25) is 0 Å². The first-order chi connectivity index (χ1) is 10.0. The van der Waals surface area contributed by atoms with Crippen LogP contribution in [0.1, 0.15) is 40.7 Å². The maximum absolute atomic E-state index is 11.7. The zero-order chi connectivity index (χ0) is 15.4. The molecule has 0 amide bonds. The minimum atomic E-state index is -0.763. The SMILES string of the molecule is CCc1cccc(C(Cc2ccc(C)c(C)c2)C(=O)O)c1. The molecule has 0 aliphatic heterocycles. The summed E-state index contributed by atoms with van der Waals surface area (Å²) >= 11 is 0. The Bertz CT molecular complexity index is 644. The molecule has 0 saturated heterocycles. The summed E-state index contributed by atoms with van der Waals surface area (Å²) in [5.41, 5.74) is 5.59. The van der Waals surface area contributed by atoms with Gasteiger partial charge in [-0.1, -0.05) is 49.4 Å². The number of carbonyl (C=O) groups is 1. The Morgan fingerprint density at radius 3 is 2.43 bits per heavy atom. The molecule has 2 aromatic carbocycles. The molecule has 0 heterocycles. The van der Waals surface area contributed by atoms with Gasteiger partial charge in [-0.25, -0.2) is 0 Å².